The number of hydrogen-bond acceptors (Lipinski definition) is 6. The van der Waals surface area contributed by atoms with E-state index in [1.807, 2.05) is 28.2 Å². The summed E-state index contributed by atoms with van der Waals surface area (Å²) in [5, 5.41) is 5.23. The highest BCUT2D eigenvalue weighted by molar-refractivity contribution is 7.86. The van der Waals surface area contributed by atoms with Crippen molar-refractivity contribution in [3.63, 3.8) is 0 Å². The smallest absolute Gasteiger partial charge is 0.267 e. The lowest BCUT2D eigenvalue weighted by atomic mass is 10.0. The molecule has 1 atom stereocenters. The van der Waals surface area contributed by atoms with E-state index in [1.54, 1.807) is 0 Å². The van der Waals surface area contributed by atoms with E-state index in [0.717, 1.165) is 103 Å². The molecular formula is C28H58N4O5S. The molecule has 0 bridgehead atoms. The van der Waals surface area contributed by atoms with Gasteiger partial charge in [-0.05, 0) is 79.8 Å². The molecule has 2 amide bonds. The molecule has 0 aromatic rings. The van der Waals surface area contributed by atoms with Crippen molar-refractivity contribution >= 4 is 21.9 Å². The molecule has 0 radical (unpaired) electrons. The van der Waals surface area contributed by atoms with E-state index >= 15 is 0 Å². The van der Waals surface area contributed by atoms with Crippen LogP contribution in [0.1, 0.15) is 109 Å². The number of nitrogens with zero attached hydrogens (tertiary/aromatic N) is 2. The Morgan fingerprint density at radius 1 is 0.605 bits per heavy atom. The fourth-order valence-electron chi connectivity index (χ4n) is 4.42. The van der Waals surface area contributed by atoms with Crippen LogP contribution in [0.4, 0.5) is 0 Å². The van der Waals surface area contributed by atoms with Crippen LogP contribution in [-0.2, 0) is 19.7 Å². The first-order valence-electron chi connectivity index (χ1n) is 14.8. The minimum Gasteiger partial charge on any atom is -0.356 e. The lowest BCUT2D eigenvalue weighted by molar-refractivity contribution is -0.122. The quantitative estimate of drug-likeness (QED) is 0.107. The number of amides is 2. The maximum atomic E-state index is 11.8. The SMILES string of the molecule is CN(C)CCCNC(=O)CCCCCCCCC(CCCCCCCC(=O)NCCCN(C)C)S(=O)(=O)O. The van der Waals surface area contributed by atoms with Gasteiger partial charge in [-0.3, -0.25) is 14.1 Å². The summed E-state index contributed by atoms with van der Waals surface area (Å²) in [5.41, 5.74) is 0. The van der Waals surface area contributed by atoms with Crippen molar-refractivity contribution in [2.75, 3.05) is 54.4 Å². The van der Waals surface area contributed by atoms with Crippen molar-refractivity contribution in [1.29, 1.82) is 0 Å². The summed E-state index contributed by atoms with van der Waals surface area (Å²) in [6.45, 7) is 3.37. The lowest BCUT2D eigenvalue weighted by Gasteiger charge is -2.14. The van der Waals surface area contributed by atoms with Gasteiger partial charge in [-0.25, -0.2) is 0 Å². The topological polar surface area (TPSA) is 119 Å². The monoisotopic (exact) mass is 562 g/mol. The first kappa shape index (κ1) is 36.8. The van der Waals surface area contributed by atoms with Crippen LogP contribution in [0.25, 0.3) is 0 Å². The molecule has 0 spiro atoms. The summed E-state index contributed by atoms with van der Waals surface area (Å²) in [5.74, 6) is 0.225. The van der Waals surface area contributed by atoms with Crippen molar-refractivity contribution < 1.29 is 22.6 Å². The van der Waals surface area contributed by atoms with E-state index < -0.39 is 15.4 Å². The third-order valence-electron chi connectivity index (χ3n) is 6.74. The maximum absolute atomic E-state index is 11.8. The highest BCUT2D eigenvalue weighted by Gasteiger charge is 2.21. The maximum Gasteiger partial charge on any atom is 0.267 e. The molecule has 0 aliphatic heterocycles. The van der Waals surface area contributed by atoms with Crippen LogP contribution in [-0.4, -0.2) is 94.2 Å². The second kappa shape index (κ2) is 23.6. The van der Waals surface area contributed by atoms with E-state index in [4.69, 9.17) is 0 Å². The van der Waals surface area contributed by atoms with Crippen molar-refractivity contribution in [2.24, 2.45) is 0 Å². The van der Waals surface area contributed by atoms with Gasteiger partial charge in [0.1, 0.15) is 0 Å². The Balaban J connectivity index is 3.75. The van der Waals surface area contributed by atoms with E-state index in [1.165, 1.54) is 0 Å². The molecule has 0 heterocycles. The minimum absolute atomic E-state index is 0.104. The first-order chi connectivity index (χ1) is 18.0. The second-order valence-corrected chi connectivity index (χ2v) is 12.8. The van der Waals surface area contributed by atoms with Gasteiger partial charge < -0.3 is 20.4 Å². The molecule has 9 nitrogen and oxygen atoms in total. The van der Waals surface area contributed by atoms with Crippen molar-refractivity contribution in [1.82, 2.24) is 20.4 Å². The van der Waals surface area contributed by atoms with Crippen LogP contribution in [0.2, 0.25) is 0 Å². The fraction of sp³-hybridized carbons (Fsp3) is 0.929. The molecule has 0 fully saturated rings. The van der Waals surface area contributed by atoms with Crippen LogP contribution < -0.4 is 10.6 Å². The Bertz CT molecular complexity index is 701. The van der Waals surface area contributed by atoms with Gasteiger partial charge in [-0.1, -0.05) is 57.8 Å². The van der Waals surface area contributed by atoms with Gasteiger partial charge in [0.25, 0.3) is 10.1 Å². The Morgan fingerprint density at radius 2 is 0.947 bits per heavy atom. The predicted molar refractivity (Wildman–Crippen MR) is 157 cm³/mol. The van der Waals surface area contributed by atoms with E-state index in [-0.39, 0.29) is 11.8 Å². The van der Waals surface area contributed by atoms with E-state index in [9.17, 15) is 22.6 Å². The molecule has 10 heteroatoms. The highest BCUT2D eigenvalue weighted by atomic mass is 32.2. The first-order valence-corrected chi connectivity index (χ1v) is 16.3. The zero-order chi connectivity index (χ0) is 28.7. The average molecular weight is 563 g/mol. The molecule has 0 saturated heterocycles. The Morgan fingerprint density at radius 3 is 1.29 bits per heavy atom. The van der Waals surface area contributed by atoms with Crippen molar-refractivity contribution in [3.8, 4) is 0 Å². The third kappa shape index (κ3) is 25.1. The van der Waals surface area contributed by atoms with Crippen LogP contribution in [0.3, 0.4) is 0 Å². The zero-order valence-corrected chi connectivity index (χ0v) is 25.6. The van der Waals surface area contributed by atoms with Crippen LogP contribution in [0.5, 0.6) is 0 Å². The lowest BCUT2D eigenvalue weighted by Crippen LogP contribution is -2.26. The van der Waals surface area contributed by atoms with Crippen molar-refractivity contribution in [3.05, 3.63) is 0 Å². The molecule has 0 rings (SSSR count). The summed E-state index contributed by atoms with van der Waals surface area (Å²) in [4.78, 5) is 27.8. The minimum atomic E-state index is -4.02. The van der Waals surface area contributed by atoms with Crippen LogP contribution >= 0.6 is 0 Å². The molecule has 0 aliphatic carbocycles. The van der Waals surface area contributed by atoms with Gasteiger partial charge in [-0.2, -0.15) is 8.42 Å². The average Bonchev–Trinajstić information content (AvgIpc) is 2.83. The predicted octanol–water partition coefficient (Wildman–Crippen LogP) is 4.23. The molecule has 0 aliphatic rings. The van der Waals surface area contributed by atoms with Gasteiger partial charge in [-0.15, -0.1) is 0 Å². The molecule has 226 valence electrons. The fourth-order valence-corrected chi connectivity index (χ4v) is 5.35. The summed E-state index contributed by atoms with van der Waals surface area (Å²) in [7, 11) is 4.06. The zero-order valence-electron chi connectivity index (χ0n) is 24.8. The Labute approximate surface area is 233 Å². The summed E-state index contributed by atoms with van der Waals surface area (Å²) < 4.78 is 33.2. The van der Waals surface area contributed by atoms with Gasteiger partial charge >= 0.3 is 0 Å². The largest absolute Gasteiger partial charge is 0.356 e. The number of hydrogen-bond donors (Lipinski definition) is 3. The number of rotatable bonds is 26. The van der Waals surface area contributed by atoms with E-state index in [2.05, 4.69) is 20.4 Å². The highest BCUT2D eigenvalue weighted by Crippen LogP contribution is 2.19. The molecule has 0 aromatic heterocycles. The molecule has 0 saturated carbocycles. The molecule has 38 heavy (non-hydrogen) atoms. The Kier molecular flexibility index (Phi) is 22.9. The second-order valence-electron chi connectivity index (χ2n) is 11.1. The number of carbonyl (C=O) groups excluding carboxylic acids is 2. The molecule has 3 N–H and O–H groups in total. The summed E-state index contributed by atoms with van der Waals surface area (Å²) in [6.07, 6.45) is 14.2. The van der Waals surface area contributed by atoms with Gasteiger partial charge in [0.15, 0.2) is 0 Å². The van der Waals surface area contributed by atoms with Crippen LogP contribution in [0.15, 0.2) is 0 Å². The van der Waals surface area contributed by atoms with E-state index in [0.29, 0.717) is 32.2 Å². The Hall–Kier alpha value is -1.23. The number of unbranched alkanes of at least 4 members (excludes halogenated alkanes) is 9. The standard InChI is InChI=1S/C28H58N4O5S/c1-31(2)24-16-22-29-27(33)20-14-10-6-5-8-12-18-26(38(35,36)37)19-13-9-7-11-15-21-28(34)30-23-17-25-32(3)4/h26H,5-25H2,1-4H3,(H,29,33)(H,30,34)(H,35,36,37). The molecular weight excluding hydrogens is 504 g/mol. The summed E-state index contributed by atoms with van der Waals surface area (Å²) in [6, 6.07) is 0. The molecule has 0 aromatic carbocycles. The van der Waals surface area contributed by atoms with Gasteiger partial charge in [0.05, 0.1) is 5.25 Å². The number of carbonyl (C=O) groups is 2. The van der Waals surface area contributed by atoms with Gasteiger partial charge in [0.2, 0.25) is 11.8 Å². The van der Waals surface area contributed by atoms with Crippen LogP contribution in [0, 0.1) is 0 Å². The van der Waals surface area contributed by atoms with Crippen molar-refractivity contribution in [2.45, 2.75) is 114 Å². The molecule has 1 unspecified atom stereocenters. The third-order valence-corrected chi connectivity index (χ3v) is 8.05. The van der Waals surface area contributed by atoms with Gasteiger partial charge in [0, 0.05) is 25.9 Å². The number of nitrogens with one attached hydrogen (secondary N) is 2. The summed E-state index contributed by atoms with van der Waals surface area (Å²) >= 11 is 0. The normalized spacial score (nSPS) is 12.7.